The van der Waals surface area contributed by atoms with Crippen LogP contribution < -0.4 is 4.74 Å². The summed E-state index contributed by atoms with van der Waals surface area (Å²) in [6, 6.07) is 7.54. The van der Waals surface area contributed by atoms with Crippen LogP contribution in [0.3, 0.4) is 0 Å². The highest BCUT2D eigenvalue weighted by atomic mass is 16.7. The van der Waals surface area contributed by atoms with Gasteiger partial charge in [0.25, 0.3) is 0 Å². The molecule has 4 nitrogen and oxygen atoms in total. The van der Waals surface area contributed by atoms with Crippen LogP contribution in [0.15, 0.2) is 18.2 Å². The lowest BCUT2D eigenvalue weighted by atomic mass is 10.1. The van der Waals surface area contributed by atoms with Crippen molar-refractivity contribution in [3.8, 4) is 11.8 Å². The van der Waals surface area contributed by atoms with Crippen molar-refractivity contribution in [3.63, 3.8) is 0 Å². The van der Waals surface area contributed by atoms with Crippen LogP contribution >= 0.6 is 0 Å². The van der Waals surface area contributed by atoms with Gasteiger partial charge < -0.3 is 14.2 Å². The van der Waals surface area contributed by atoms with E-state index in [0.717, 1.165) is 37.2 Å². The first-order chi connectivity index (χ1) is 9.29. The lowest BCUT2D eigenvalue weighted by molar-refractivity contribution is -0.165. The molecule has 0 saturated carbocycles. The Kier molecular flexibility index (Phi) is 5.20. The predicted molar refractivity (Wildman–Crippen MR) is 70.9 cm³/mol. The molecule has 1 aromatic rings. The van der Waals surface area contributed by atoms with Crippen molar-refractivity contribution in [2.45, 2.75) is 32.5 Å². The number of hydrogen-bond donors (Lipinski definition) is 0. The van der Waals surface area contributed by atoms with E-state index in [0.29, 0.717) is 18.8 Å². The van der Waals surface area contributed by atoms with Crippen LogP contribution in [0.25, 0.3) is 0 Å². The average molecular weight is 261 g/mol. The summed E-state index contributed by atoms with van der Waals surface area (Å²) in [6.07, 6.45) is 3.16. The molecule has 1 fully saturated rings. The summed E-state index contributed by atoms with van der Waals surface area (Å²) in [5.74, 6) is 0.743. The number of aryl methyl sites for hydroxylation is 1. The van der Waals surface area contributed by atoms with Gasteiger partial charge in [-0.25, -0.2) is 0 Å². The lowest BCUT2D eigenvalue weighted by Gasteiger charge is -2.22. The van der Waals surface area contributed by atoms with Gasteiger partial charge in [-0.2, -0.15) is 5.26 Å². The molecule has 0 bridgehead atoms. The van der Waals surface area contributed by atoms with E-state index in [-0.39, 0.29) is 6.29 Å². The van der Waals surface area contributed by atoms with Crippen molar-refractivity contribution >= 4 is 0 Å². The number of hydrogen-bond acceptors (Lipinski definition) is 4. The molecule has 1 aliphatic rings. The maximum Gasteiger partial charge on any atom is 0.157 e. The Labute approximate surface area is 113 Å². The standard InChI is InChI=1S/C15H19NO3/c1-12-5-6-13(11-16)10-14(12)17-8-9-19-15-4-2-3-7-18-15/h5-6,10,15H,2-4,7-9H2,1H3/t15-/m0/s1. The van der Waals surface area contributed by atoms with E-state index in [1.54, 1.807) is 12.1 Å². The van der Waals surface area contributed by atoms with Gasteiger partial charge in [-0.3, -0.25) is 0 Å². The number of ether oxygens (including phenoxy) is 3. The van der Waals surface area contributed by atoms with Crippen LogP contribution in [-0.4, -0.2) is 26.1 Å². The predicted octanol–water partition coefficient (Wildman–Crippen LogP) is 2.79. The van der Waals surface area contributed by atoms with Crippen LogP contribution in [0, 0.1) is 18.3 Å². The molecule has 0 radical (unpaired) electrons. The molecule has 102 valence electrons. The zero-order valence-corrected chi connectivity index (χ0v) is 11.2. The van der Waals surface area contributed by atoms with Crippen molar-refractivity contribution in [3.05, 3.63) is 29.3 Å². The zero-order valence-electron chi connectivity index (χ0n) is 11.2. The van der Waals surface area contributed by atoms with E-state index in [4.69, 9.17) is 19.5 Å². The van der Waals surface area contributed by atoms with Crippen LogP contribution in [-0.2, 0) is 9.47 Å². The molecule has 0 spiro atoms. The number of benzene rings is 1. The normalized spacial score (nSPS) is 18.8. The molecule has 19 heavy (non-hydrogen) atoms. The van der Waals surface area contributed by atoms with E-state index in [9.17, 15) is 0 Å². The first-order valence-electron chi connectivity index (χ1n) is 6.66. The van der Waals surface area contributed by atoms with Gasteiger partial charge >= 0.3 is 0 Å². The quantitative estimate of drug-likeness (QED) is 0.765. The van der Waals surface area contributed by atoms with Crippen LogP contribution in [0.2, 0.25) is 0 Å². The molecule has 2 rings (SSSR count). The van der Waals surface area contributed by atoms with Gasteiger partial charge in [0.05, 0.1) is 18.2 Å². The minimum absolute atomic E-state index is 0.0797. The van der Waals surface area contributed by atoms with E-state index < -0.39 is 0 Å². The first kappa shape index (κ1) is 13.9. The lowest BCUT2D eigenvalue weighted by Crippen LogP contribution is -2.24. The second-order valence-corrected chi connectivity index (χ2v) is 4.61. The third-order valence-corrected chi connectivity index (χ3v) is 3.10. The summed E-state index contributed by atoms with van der Waals surface area (Å²) >= 11 is 0. The van der Waals surface area contributed by atoms with E-state index in [1.807, 2.05) is 13.0 Å². The number of nitrogens with zero attached hydrogens (tertiary/aromatic N) is 1. The minimum Gasteiger partial charge on any atom is -0.491 e. The van der Waals surface area contributed by atoms with Crippen LogP contribution in [0.1, 0.15) is 30.4 Å². The molecule has 1 saturated heterocycles. The molecule has 0 unspecified atom stereocenters. The molecular formula is C15H19NO3. The monoisotopic (exact) mass is 261 g/mol. The van der Waals surface area contributed by atoms with E-state index in [1.165, 1.54) is 0 Å². The van der Waals surface area contributed by atoms with Gasteiger partial charge in [0.15, 0.2) is 6.29 Å². The van der Waals surface area contributed by atoms with Gasteiger partial charge in [-0.15, -0.1) is 0 Å². The SMILES string of the molecule is Cc1ccc(C#N)cc1OCCO[C@H]1CCCCO1. The van der Waals surface area contributed by atoms with E-state index in [2.05, 4.69) is 6.07 Å². The van der Waals surface area contributed by atoms with Gasteiger partial charge in [-0.1, -0.05) is 6.07 Å². The number of rotatable bonds is 5. The van der Waals surface area contributed by atoms with Gasteiger partial charge in [0, 0.05) is 6.61 Å². The molecule has 1 heterocycles. The maximum atomic E-state index is 8.85. The summed E-state index contributed by atoms with van der Waals surface area (Å²) in [5, 5.41) is 8.85. The fraction of sp³-hybridized carbons (Fsp3) is 0.533. The van der Waals surface area contributed by atoms with Crippen LogP contribution in [0.5, 0.6) is 5.75 Å². The second kappa shape index (κ2) is 7.13. The summed E-state index contributed by atoms with van der Waals surface area (Å²) in [6.45, 7) is 3.72. The summed E-state index contributed by atoms with van der Waals surface area (Å²) in [4.78, 5) is 0. The van der Waals surface area contributed by atoms with Gasteiger partial charge in [0.1, 0.15) is 12.4 Å². The molecular weight excluding hydrogens is 242 g/mol. The summed E-state index contributed by atoms with van der Waals surface area (Å²) in [7, 11) is 0. The maximum absolute atomic E-state index is 8.85. The third-order valence-electron chi connectivity index (χ3n) is 3.10. The van der Waals surface area contributed by atoms with Gasteiger partial charge in [0.2, 0.25) is 0 Å². The Bertz CT molecular complexity index is 447. The fourth-order valence-corrected chi connectivity index (χ4v) is 2.00. The van der Waals surface area contributed by atoms with Crippen molar-refractivity contribution in [1.82, 2.24) is 0 Å². The summed E-state index contributed by atoms with van der Waals surface area (Å²) < 4.78 is 16.7. The minimum atomic E-state index is -0.0797. The highest BCUT2D eigenvalue weighted by molar-refractivity contribution is 5.41. The Morgan fingerprint density at radius 2 is 2.26 bits per heavy atom. The van der Waals surface area contributed by atoms with Crippen molar-refractivity contribution in [1.29, 1.82) is 5.26 Å². The molecule has 1 atom stereocenters. The Morgan fingerprint density at radius 1 is 1.37 bits per heavy atom. The zero-order chi connectivity index (χ0) is 13.5. The average Bonchev–Trinajstić information content (AvgIpc) is 2.46. The molecule has 0 amide bonds. The molecule has 0 aliphatic carbocycles. The smallest absolute Gasteiger partial charge is 0.157 e. The molecule has 1 aliphatic heterocycles. The molecule has 1 aromatic carbocycles. The van der Waals surface area contributed by atoms with Crippen molar-refractivity contribution in [2.24, 2.45) is 0 Å². The Hall–Kier alpha value is -1.57. The second-order valence-electron chi connectivity index (χ2n) is 4.61. The largest absolute Gasteiger partial charge is 0.491 e. The highest BCUT2D eigenvalue weighted by Crippen LogP contribution is 2.19. The molecule has 0 aromatic heterocycles. The topological polar surface area (TPSA) is 51.5 Å². The van der Waals surface area contributed by atoms with E-state index >= 15 is 0 Å². The highest BCUT2D eigenvalue weighted by Gasteiger charge is 2.13. The van der Waals surface area contributed by atoms with Crippen molar-refractivity contribution < 1.29 is 14.2 Å². The van der Waals surface area contributed by atoms with Crippen molar-refractivity contribution in [2.75, 3.05) is 19.8 Å². The third kappa shape index (κ3) is 4.23. The Balaban J connectivity index is 1.74. The number of nitriles is 1. The first-order valence-corrected chi connectivity index (χ1v) is 6.66. The summed E-state index contributed by atoms with van der Waals surface area (Å²) in [5.41, 5.74) is 1.63. The van der Waals surface area contributed by atoms with Crippen LogP contribution in [0.4, 0.5) is 0 Å². The Morgan fingerprint density at radius 3 is 3.00 bits per heavy atom. The van der Waals surface area contributed by atoms with Gasteiger partial charge in [-0.05, 0) is 43.9 Å². The molecule has 0 N–H and O–H groups in total. The fourth-order valence-electron chi connectivity index (χ4n) is 2.00. The molecule has 4 heteroatoms.